The number of aryl methyl sites for hydroxylation is 1. The molecule has 0 amide bonds. The number of hydrogen-bond donors (Lipinski definition) is 1. The van der Waals surface area contributed by atoms with Gasteiger partial charge in [-0.3, -0.25) is 9.36 Å². The molecule has 0 spiro atoms. The van der Waals surface area contributed by atoms with Crippen LogP contribution in [-0.4, -0.2) is 14.5 Å². The molecule has 0 atom stereocenters. The summed E-state index contributed by atoms with van der Waals surface area (Å²) in [6, 6.07) is 9.57. The van der Waals surface area contributed by atoms with E-state index < -0.39 is 0 Å². The fourth-order valence-electron chi connectivity index (χ4n) is 2.43. The van der Waals surface area contributed by atoms with Crippen LogP contribution >= 0.6 is 11.3 Å². The topological polar surface area (TPSA) is 73.8 Å². The number of pyridine rings is 1. The summed E-state index contributed by atoms with van der Waals surface area (Å²) >= 11 is 1.35. The van der Waals surface area contributed by atoms with Crippen molar-refractivity contribution in [2.45, 2.75) is 6.92 Å². The van der Waals surface area contributed by atoms with Crippen LogP contribution in [0.2, 0.25) is 0 Å². The van der Waals surface area contributed by atoms with E-state index in [0.29, 0.717) is 15.9 Å². The van der Waals surface area contributed by atoms with E-state index in [-0.39, 0.29) is 5.56 Å². The third-order valence-corrected chi connectivity index (χ3v) is 4.66. The van der Waals surface area contributed by atoms with E-state index in [2.05, 4.69) is 9.97 Å². The first kappa shape index (κ1) is 13.0. The zero-order chi connectivity index (χ0) is 15.3. The molecule has 6 heteroatoms. The molecule has 4 aromatic rings. The molecule has 22 heavy (non-hydrogen) atoms. The van der Waals surface area contributed by atoms with Crippen LogP contribution in [0, 0.1) is 6.92 Å². The Morgan fingerprint density at radius 2 is 1.95 bits per heavy atom. The lowest BCUT2D eigenvalue weighted by molar-refractivity contribution is 0.966. The standard InChI is InChI=1S/C16H12N4OS/c1-9-2-4-11(5-3-9)20-8-19-13-12-6-10(17)7-18-15(12)22-14(13)16(20)21/h2-8H,17H2,1H3. The van der Waals surface area contributed by atoms with Gasteiger partial charge in [-0.25, -0.2) is 9.97 Å². The van der Waals surface area contributed by atoms with Gasteiger partial charge in [0.15, 0.2) is 0 Å². The molecule has 0 aliphatic rings. The smallest absolute Gasteiger partial charge is 0.275 e. The Bertz CT molecular complexity index is 1060. The second-order valence-electron chi connectivity index (χ2n) is 5.16. The van der Waals surface area contributed by atoms with E-state index >= 15 is 0 Å². The van der Waals surface area contributed by atoms with E-state index in [0.717, 1.165) is 21.5 Å². The molecule has 0 saturated heterocycles. The van der Waals surface area contributed by atoms with Crippen LogP contribution in [0.1, 0.15) is 5.56 Å². The highest BCUT2D eigenvalue weighted by Crippen LogP contribution is 2.29. The SMILES string of the molecule is Cc1ccc(-n2cnc3c(sc4ncc(N)cc43)c2=O)cc1. The number of benzene rings is 1. The lowest BCUT2D eigenvalue weighted by Crippen LogP contribution is -2.17. The van der Waals surface area contributed by atoms with Crippen LogP contribution in [0.25, 0.3) is 26.1 Å². The number of hydrogen-bond acceptors (Lipinski definition) is 5. The van der Waals surface area contributed by atoms with Crippen molar-refractivity contribution in [1.82, 2.24) is 14.5 Å². The fourth-order valence-corrected chi connectivity index (χ4v) is 3.44. The maximum Gasteiger partial charge on any atom is 0.275 e. The van der Waals surface area contributed by atoms with Gasteiger partial charge in [0.1, 0.15) is 15.9 Å². The van der Waals surface area contributed by atoms with Crippen LogP contribution < -0.4 is 11.3 Å². The van der Waals surface area contributed by atoms with E-state index in [1.807, 2.05) is 37.3 Å². The Hall–Kier alpha value is -2.73. The number of thiophene rings is 1. The largest absolute Gasteiger partial charge is 0.397 e. The van der Waals surface area contributed by atoms with Crippen LogP contribution in [0.15, 0.2) is 47.7 Å². The van der Waals surface area contributed by atoms with E-state index in [9.17, 15) is 4.79 Å². The molecule has 0 unspecified atom stereocenters. The molecule has 2 N–H and O–H groups in total. The maximum atomic E-state index is 12.7. The first-order valence-electron chi connectivity index (χ1n) is 6.76. The average Bonchev–Trinajstić information content (AvgIpc) is 2.88. The van der Waals surface area contributed by atoms with Gasteiger partial charge in [-0.05, 0) is 25.1 Å². The van der Waals surface area contributed by atoms with Crippen LogP contribution in [0.4, 0.5) is 5.69 Å². The second-order valence-corrected chi connectivity index (χ2v) is 6.16. The third-order valence-electron chi connectivity index (χ3n) is 3.57. The molecule has 3 aromatic heterocycles. The number of nitrogen functional groups attached to an aromatic ring is 1. The van der Waals surface area contributed by atoms with E-state index in [1.54, 1.807) is 17.1 Å². The van der Waals surface area contributed by atoms with Crippen molar-refractivity contribution in [3.63, 3.8) is 0 Å². The Kier molecular flexibility index (Phi) is 2.74. The van der Waals surface area contributed by atoms with Gasteiger partial charge in [-0.1, -0.05) is 17.7 Å². The highest BCUT2D eigenvalue weighted by Gasteiger charge is 2.13. The molecule has 0 aliphatic carbocycles. The van der Waals surface area contributed by atoms with Gasteiger partial charge in [0, 0.05) is 5.39 Å². The minimum atomic E-state index is -0.0876. The van der Waals surface area contributed by atoms with Gasteiger partial charge in [-0.15, -0.1) is 11.3 Å². The van der Waals surface area contributed by atoms with Crippen molar-refractivity contribution in [2.75, 3.05) is 5.73 Å². The van der Waals surface area contributed by atoms with Crippen molar-refractivity contribution in [1.29, 1.82) is 0 Å². The zero-order valence-corrected chi connectivity index (χ0v) is 12.6. The summed E-state index contributed by atoms with van der Waals surface area (Å²) < 4.78 is 2.15. The summed E-state index contributed by atoms with van der Waals surface area (Å²) in [4.78, 5) is 22.2. The first-order valence-corrected chi connectivity index (χ1v) is 7.57. The number of rotatable bonds is 1. The molecule has 0 fully saturated rings. The Labute approximate surface area is 129 Å². The molecule has 4 rings (SSSR count). The van der Waals surface area contributed by atoms with Gasteiger partial charge in [-0.2, -0.15) is 0 Å². The summed E-state index contributed by atoms with van der Waals surface area (Å²) in [5.41, 5.74) is 8.86. The van der Waals surface area contributed by atoms with Gasteiger partial charge >= 0.3 is 0 Å². The van der Waals surface area contributed by atoms with E-state index in [1.165, 1.54) is 11.3 Å². The molecule has 1 aromatic carbocycles. The second kappa shape index (κ2) is 4.64. The van der Waals surface area contributed by atoms with Crippen molar-refractivity contribution in [3.05, 3.63) is 58.8 Å². The molecule has 0 radical (unpaired) electrons. The average molecular weight is 308 g/mol. The summed E-state index contributed by atoms with van der Waals surface area (Å²) in [5, 5.41) is 0.827. The molecular weight excluding hydrogens is 296 g/mol. The normalized spacial score (nSPS) is 11.3. The Morgan fingerprint density at radius 1 is 1.18 bits per heavy atom. The monoisotopic (exact) mass is 308 g/mol. The van der Waals surface area contributed by atoms with Crippen LogP contribution in [-0.2, 0) is 0 Å². The van der Waals surface area contributed by atoms with Gasteiger partial charge in [0.25, 0.3) is 5.56 Å². The fraction of sp³-hybridized carbons (Fsp3) is 0.0625. The quantitative estimate of drug-likeness (QED) is 0.587. The Morgan fingerprint density at radius 3 is 2.73 bits per heavy atom. The minimum Gasteiger partial charge on any atom is -0.397 e. The number of aromatic nitrogens is 3. The maximum absolute atomic E-state index is 12.7. The lowest BCUT2D eigenvalue weighted by Gasteiger charge is -2.05. The van der Waals surface area contributed by atoms with Crippen molar-refractivity contribution >= 4 is 37.5 Å². The number of anilines is 1. The first-order chi connectivity index (χ1) is 10.6. The summed E-state index contributed by atoms with van der Waals surface area (Å²) in [6.45, 7) is 2.01. The molecule has 5 nitrogen and oxygen atoms in total. The number of nitrogens with zero attached hydrogens (tertiary/aromatic N) is 3. The van der Waals surface area contributed by atoms with Crippen molar-refractivity contribution in [2.24, 2.45) is 0 Å². The molecule has 0 saturated carbocycles. The number of nitrogens with two attached hydrogens (primary N) is 1. The summed E-state index contributed by atoms with van der Waals surface area (Å²) in [7, 11) is 0. The third kappa shape index (κ3) is 1.88. The predicted octanol–water partition coefficient (Wildman–Crippen LogP) is 2.89. The van der Waals surface area contributed by atoms with Crippen LogP contribution in [0.3, 0.4) is 0 Å². The molecule has 3 heterocycles. The highest BCUT2D eigenvalue weighted by atomic mass is 32.1. The summed E-state index contributed by atoms with van der Waals surface area (Å²) in [5.74, 6) is 0. The van der Waals surface area contributed by atoms with E-state index in [4.69, 9.17) is 5.73 Å². The van der Waals surface area contributed by atoms with Gasteiger partial charge in [0.2, 0.25) is 0 Å². The van der Waals surface area contributed by atoms with Gasteiger partial charge in [0.05, 0.1) is 23.1 Å². The van der Waals surface area contributed by atoms with Gasteiger partial charge < -0.3 is 5.73 Å². The summed E-state index contributed by atoms with van der Waals surface area (Å²) in [6.07, 6.45) is 3.15. The molecular formula is C16H12N4OS. The van der Waals surface area contributed by atoms with Crippen molar-refractivity contribution < 1.29 is 0 Å². The molecule has 108 valence electrons. The Balaban J connectivity index is 2.03. The van der Waals surface area contributed by atoms with Crippen molar-refractivity contribution in [3.8, 4) is 5.69 Å². The predicted molar refractivity (Wildman–Crippen MR) is 89.7 cm³/mol. The highest BCUT2D eigenvalue weighted by molar-refractivity contribution is 7.25. The molecule has 0 aliphatic heterocycles. The zero-order valence-electron chi connectivity index (χ0n) is 11.8. The molecule has 0 bridgehead atoms. The minimum absolute atomic E-state index is 0.0876. The number of fused-ring (bicyclic) bond motifs is 3. The van der Waals surface area contributed by atoms with Crippen LogP contribution in [0.5, 0.6) is 0 Å². The lowest BCUT2D eigenvalue weighted by atomic mass is 10.2.